The van der Waals surface area contributed by atoms with E-state index in [1.165, 1.54) is 11.3 Å². The molecule has 1 heterocycles. The van der Waals surface area contributed by atoms with Gasteiger partial charge in [0.25, 0.3) is 0 Å². The summed E-state index contributed by atoms with van der Waals surface area (Å²) in [6, 6.07) is 0. The van der Waals surface area contributed by atoms with Crippen molar-refractivity contribution in [2.75, 3.05) is 20.1 Å². The first-order chi connectivity index (χ1) is 8.60. The Bertz CT molecular complexity index is 401. The normalized spacial score (nSPS) is 25.0. The Morgan fingerprint density at radius 3 is 2.89 bits per heavy atom. The van der Waals surface area contributed by atoms with Crippen LogP contribution in [0, 0.1) is 0 Å². The predicted octanol–water partition coefficient (Wildman–Crippen LogP) is 3.37. The van der Waals surface area contributed by atoms with Crippen LogP contribution in [0.25, 0.3) is 0 Å². The van der Waals surface area contributed by atoms with E-state index >= 15 is 0 Å². The average Bonchev–Trinajstić information content (AvgIpc) is 2.69. The summed E-state index contributed by atoms with van der Waals surface area (Å²) in [7, 11) is 2.06. The Balaban J connectivity index is 1.89. The van der Waals surface area contributed by atoms with Gasteiger partial charge in [-0.3, -0.25) is 0 Å². The monoisotopic (exact) mass is 287 g/mol. The van der Waals surface area contributed by atoms with E-state index in [9.17, 15) is 0 Å². The van der Waals surface area contributed by atoms with Crippen LogP contribution in [0.3, 0.4) is 0 Å². The molecule has 0 spiro atoms. The number of alkyl halides is 1. The molecule has 1 aliphatic carbocycles. The molecule has 2 rings (SSSR count). The molecule has 0 amide bonds. The largest absolute Gasteiger partial charge is 0.227 e. The second-order valence-electron chi connectivity index (χ2n) is 4.68. The molecule has 0 aromatic rings. The first-order valence-electron chi connectivity index (χ1n) is 6.36. The fourth-order valence-electron chi connectivity index (χ4n) is 2.15. The molecule has 0 saturated carbocycles. The van der Waals surface area contributed by atoms with Crippen molar-refractivity contribution in [1.29, 1.82) is 0 Å². The second-order valence-corrected chi connectivity index (χ2v) is 5.64. The highest BCUT2D eigenvalue weighted by molar-refractivity contribution is 6.33. The maximum Gasteiger partial charge on any atom is 0.0596 e. The van der Waals surface area contributed by atoms with E-state index in [0.717, 1.165) is 37.4 Å². The van der Waals surface area contributed by atoms with E-state index in [1.54, 1.807) is 0 Å². The summed E-state index contributed by atoms with van der Waals surface area (Å²) in [6.45, 7) is 3.94. The lowest BCUT2D eigenvalue weighted by Crippen LogP contribution is -2.32. The van der Waals surface area contributed by atoms with Crippen molar-refractivity contribution < 1.29 is 0 Å². The van der Waals surface area contributed by atoms with Crippen molar-refractivity contribution in [3.63, 3.8) is 0 Å². The van der Waals surface area contributed by atoms with Gasteiger partial charge in [0, 0.05) is 12.1 Å². The van der Waals surface area contributed by atoms with Crippen molar-refractivity contribution in [3.05, 3.63) is 22.8 Å². The number of rotatable bonds is 4. The third kappa shape index (κ3) is 3.28. The highest BCUT2D eigenvalue weighted by Crippen LogP contribution is 2.27. The van der Waals surface area contributed by atoms with Crippen molar-refractivity contribution in [2.24, 2.45) is 5.10 Å². The van der Waals surface area contributed by atoms with Crippen molar-refractivity contribution in [3.8, 4) is 0 Å². The van der Waals surface area contributed by atoms with E-state index in [4.69, 9.17) is 23.2 Å². The molecule has 2 aliphatic rings. The van der Waals surface area contributed by atoms with Gasteiger partial charge in [-0.05, 0) is 30.9 Å². The lowest BCUT2D eigenvalue weighted by atomic mass is 10.0. The summed E-state index contributed by atoms with van der Waals surface area (Å²) >= 11 is 12.2. The van der Waals surface area contributed by atoms with Crippen LogP contribution in [-0.4, -0.2) is 41.4 Å². The van der Waals surface area contributed by atoms with Crippen LogP contribution in [0.2, 0.25) is 0 Å². The second kappa shape index (κ2) is 6.09. The Hall–Kier alpha value is -0.510. The summed E-state index contributed by atoms with van der Waals surface area (Å²) in [5.74, 6) is 0. The number of hydrogen-bond donors (Lipinski definition) is 0. The minimum absolute atomic E-state index is 0.0421. The van der Waals surface area contributed by atoms with E-state index in [0.29, 0.717) is 0 Å². The first-order valence-corrected chi connectivity index (χ1v) is 7.17. The van der Waals surface area contributed by atoms with Gasteiger partial charge in [0.05, 0.1) is 24.2 Å². The summed E-state index contributed by atoms with van der Waals surface area (Å²) in [6.07, 6.45) is 6.85. The van der Waals surface area contributed by atoms with E-state index in [2.05, 4.69) is 30.2 Å². The van der Waals surface area contributed by atoms with Crippen LogP contribution in [-0.2, 0) is 0 Å². The third-order valence-electron chi connectivity index (χ3n) is 3.27. The number of hydrazine groups is 1. The van der Waals surface area contributed by atoms with Gasteiger partial charge in [0.15, 0.2) is 0 Å². The summed E-state index contributed by atoms with van der Waals surface area (Å²) in [5, 5.41) is 9.58. The first kappa shape index (κ1) is 13.9. The molecule has 0 aromatic carbocycles. The Morgan fingerprint density at radius 2 is 2.28 bits per heavy atom. The number of hydrazone groups is 1. The summed E-state index contributed by atoms with van der Waals surface area (Å²) in [4.78, 5) is 0. The lowest BCUT2D eigenvalue weighted by Gasteiger charge is -2.23. The van der Waals surface area contributed by atoms with Crippen molar-refractivity contribution in [1.82, 2.24) is 10.1 Å². The van der Waals surface area contributed by atoms with Crippen molar-refractivity contribution in [2.45, 2.75) is 31.6 Å². The molecule has 0 N–H and O–H groups in total. The number of allylic oxidation sites excluding steroid dienone is 3. The molecular weight excluding hydrogens is 269 g/mol. The quantitative estimate of drug-likeness (QED) is 0.739. The molecular formula is C13H19Cl2N3. The van der Waals surface area contributed by atoms with Crippen LogP contribution in [0.15, 0.2) is 27.9 Å². The van der Waals surface area contributed by atoms with Gasteiger partial charge in [-0.15, -0.1) is 11.6 Å². The molecule has 0 radical (unpaired) electrons. The molecule has 0 saturated heterocycles. The predicted molar refractivity (Wildman–Crippen MR) is 78.0 cm³/mol. The Morgan fingerprint density at radius 1 is 1.50 bits per heavy atom. The summed E-state index contributed by atoms with van der Waals surface area (Å²) < 4.78 is 0. The number of halogens is 2. The molecule has 1 atom stereocenters. The fourth-order valence-corrected chi connectivity index (χ4v) is 2.75. The van der Waals surface area contributed by atoms with Crippen molar-refractivity contribution >= 4 is 28.9 Å². The maximum absolute atomic E-state index is 6.20. The van der Waals surface area contributed by atoms with E-state index in [-0.39, 0.29) is 5.38 Å². The van der Waals surface area contributed by atoms with Gasteiger partial charge in [0.1, 0.15) is 0 Å². The van der Waals surface area contributed by atoms with Gasteiger partial charge in [-0.25, -0.2) is 10.1 Å². The molecule has 0 bridgehead atoms. The van der Waals surface area contributed by atoms with Gasteiger partial charge in [-0.2, -0.15) is 5.10 Å². The van der Waals surface area contributed by atoms with Crippen LogP contribution in [0.1, 0.15) is 26.2 Å². The molecule has 1 aliphatic heterocycles. The third-order valence-corrected chi connectivity index (χ3v) is 3.95. The zero-order valence-corrected chi connectivity index (χ0v) is 12.4. The highest BCUT2D eigenvalue weighted by atomic mass is 35.5. The van der Waals surface area contributed by atoms with Crippen LogP contribution in [0.5, 0.6) is 0 Å². The average molecular weight is 288 g/mol. The van der Waals surface area contributed by atoms with Gasteiger partial charge < -0.3 is 0 Å². The lowest BCUT2D eigenvalue weighted by molar-refractivity contribution is 0.0379. The molecule has 1 unspecified atom stereocenters. The van der Waals surface area contributed by atoms with E-state index < -0.39 is 0 Å². The molecule has 100 valence electrons. The minimum Gasteiger partial charge on any atom is -0.227 e. The SMILES string of the molecule is CCC1=NN(CCC2=CCC(Cl)C=C2Cl)N(C)C1. The van der Waals surface area contributed by atoms with Crippen LogP contribution in [0.4, 0.5) is 0 Å². The number of hydrogen-bond acceptors (Lipinski definition) is 3. The van der Waals surface area contributed by atoms with Crippen LogP contribution >= 0.6 is 23.2 Å². The fraction of sp³-hybridized carbons (Fsp3) is 0.615. The van der Waals surface area contributed by atoms with Gasteiger partial charge in [-0.1, -0.05) is 24.6 Å². The standard InChI is InChI=1S/C13H19Cl2N3/c1-3-12-9-17(2)18(16-12)7-6-10-4-5-11(14)8-13(10)15/h4,8,11H,3,5-7,9H2,1-2H3. The highest BCUT2D eigenvalue weighted by Gasteiger charge is 2.20. The van der Waals surface area contributed by atoms with Gasteiger partial charge >= 0.3 is 0 Å². The number of nitrogens with zero attached hydrogens (tertiary/aromatic N) is 3. The topological polar surface area (TPSA) is 18.8 Å². The van der Waals surface area contributed by atoms with E-state index in [1.807, 2.05) is 11.2 Å². The zero-order chi connectivity index (χ0) is 13.1. The molecule has 3 nitrogen and oxygen atoms in total. The van der Waals surface area contributed by atoms with Gasteiger partial charge in [0.2, 0.25) is 0 Å². The Labute approximate surface area is 119 Å². The molecule has 0 fully saturated rings. The Kier molecular flexibility index (Phi) is 4.71. The maximum atomic E-state index is 6.20. The summed E-state index contributed by atoms with van der Waals surface area (Å²) in [5.41, 5.74) is 2.42. The molecule has 5 heteroatoms. The molecule has 0 aromatic heterocycles. The zero-order valence-electron chi connectivity index (χ0n) is 10.9. The van der Waals surface area contributed by atoms with Crippen LogP contribution < -0.4 is 0 Å². The minimum atomic E-state index is 0.0421. The smallest absolute Gasteiger partial charge is 0.0596 e. The molecule has 18 heavy (non-hydrogen) atoms.